The highest BCUT2D eigenvalue weighted by Gasteiger charge is 2.17. The summed E-state index contributed by atoms with van der Waals surface area (Å²) in [5, 5.41) is 0. The lowest BCUT2D eigenvalue weighted by atomic mass is 10.6. The Morgan fingerprint density at radius 1 is 1.25 bits per heavy atom. The minimum absolute atomic E-state index is 0.350. The lowest BCUT2D eigenvalue weighted by Crippen LogP contribution is -2.01. The standard InChI is InChI=1S/C3H4Cl4Si/c4-3(5,6)1-2-8-7/h1-2H2. The third-order valence-corrected chi connectivity index (χ3v) is 2.08. The summed E-state index contributed by atoms with van der Waals surface area (Å²) in [6.45, 7) is 0. The zero-order valence-corrected chi connectivity index (χ0v) is 7.95. The number of halogens is 4. The van der Waals surface area contributed by atoms with Crippen LogP contribution in [0.1, 0.15) is 6.42 Å². The molecule has 8 heavy (non-hydrogen) atoms. The molecular weight excluding hydrogens is 206 g/mol. The molecule has 0 nitrogen and oxygen atoms in total. The normalized spacial score (nSPS) is 12.0. The van der Waals surface area contributed by atoms with E-state index in [1.54, 1.807) is 0 Å². The zero-order valence-electron chi connectivity index (χ0n) is 3.93. The smallest absolute Gasteiger partial charge is 0.171 e. The van der Waals surface area contributed by atoms with Gasteiger partial charge < -0.3 is 0 Å². The maximum atomic E-state index is 5.39. The Morgan fingerprint density at radius 2 is 1.75 bits per heavy atom. The van der Waals surface area contributed by atoms with Crippen molar-refractivity contribution in [2.24, 2.45) is 0 Å². The molecule has 48 valence electrons. The summed E-state index contributed by atoms with van der Waals surface area (Å²) >= 11 is 21.5. The van der Waals surface area contributed by atoms with Crippen LogP contribution in [0.5, 0.6) is 0 Å². The van der Waals surface area contributed by atoms with Crippen LogP contribution in [0.15, 0.2) is 0 Å². The van der Waals surface area contributed by atoms with E-state index in [4.69, 9.17) is 45.9 Å². The van der Waals surface area contributed by atoms with E-state index in [0.717, 1.165) is 6.04 Å². The van der Waals surface area contributed by atoms with Crippen LogP contribution in [-0.4, -0.2) is 12.6 Å². The fourth-order valence-corrected chi connectivity index (χ4v) is 1.70. The molecule has 5 heteroatoms. The predicted molar refractivity (Wildman–Crippen MR) is 41.3 cm³/mol. The minimum Gasteiger partial charge on any atom is -0.171 e. The molecule has 0 bridgehead atoms. The van der Waals surface area contributed by atoms with Gasteiger partial charge in [-0.2, -0.15) is 11.1 Å². The van der Waals surface area contributed by atoms with Gasteiger partial charge >= 0.3 is 0 Å². The average molecular weight is 210 g/mol. The number of alkyl halides is 3. The molecule has 0 aromatic rings. The predicted octanol–water partition coefficient (Wildman–Crippen LogP) is 3.02. The second-order valence-corrected chi connectivity index (χ2v) is 5.33. The van der Waals surface area contributed by atoms with E-state index in [0.29, 0.717) is 15.3 Å². The lowest BCUT2D eigenvalue weighted by Gasteiger charge is -2.06. The fourth-order valence-electron chi connectivity index (χ4n) is 0.189. The molecule has 2 radical (unpaired) electrons. The van der Waals surface area contributed by atoms with Crippen LogP contribution in [0.25, 0.3) is 0 Å². The Morgan fingerprint density at radius 3 is 1.88 bits per heavy atom. The molecule has 0 spiro atoms. The van der Waals surface area contributed by atoms with Gasteiger partial charge in [0.25, 0.3) is 0 Å². The Bertz CT molecular complexity index is 58.8. The maximum absolute atomic E-state index is 5.39. The van der Waals surface area contributed by atoms with Crippen molar-refractivity contribution in [3.8, 4) is 0 Å². The largest absolute Gasteiger partial charge is 0.190 e. The number of hydrogen-bond donors (Lipinski definition) is 0. The maximum Gasteiger partial charge on any atom is 0.190 e. The first-order chi connectivity index (χ1) is 3.56. The molecule has 0 saturated carbocycles. The van der Waals surface area contributed by atoms with Crippen LogP contribution in [0.2, 0.25) is 6.04 Å². The van der Waals surface area contributed by atoms with Crippen molar-refractivity contribution in [1.82, 2.24) is 0 Å². The molecule has 0 aliphatic rings. The van der Waals surface area contributed by atoms with E-state index in [1.165, 1.54) is 0 Å². The summed E-state index contributed by atoms with van der Waals surface area (Å²) in [5.41, 5.74) is 0. The molecule has 0 aliphatic carbocycles. The third-order valence-electron chi connectivity index (χ3n) is 0.503. The topological polar surface area (TPSA) is 0 Å². The van der Waals surface area contributed by atoms with Crippen molar-refractivity contribution >= 4 is 54.7 Å². The van der Waals surface area contributed by atoms with Crippen molar-refractivity contribution in [1.29, 1.82) is 0 Å². The third kappa shape index (κ3) is 7.38. The van der Waals surface area contributed by atoms with Crippen molar-refractivity contribution in [2.75, 3.05) is 0 Å². The van der Waals surface area contributed by atoms with Crippen molar-refractivity contribution in [3.63, 3.8) is 0 Å². The SMILES string of the molecule is Cl[Si]CCC(Cl)(Cl)Cl. The quantitative estimate of drug-likeness (QED) is 0.373. The van der Waals surface area contributed by atoms with Crippen LogP contribution in [0.4, 0.5) is 0 Å². The monoisotopic (exact) mass is 208 g/mol. The average Bonchev–Trinajstić information content (AvgIpc) is 1.59. The summed E-state index contributed by atoms with van der Waals surface area (Å²) in [4.78, 5) is 0. The Kier molecular flexibility index (Phi) is 4.96. The van der Waals surface area contributed by atoms with Crippen LogP contribution in [0.3, 0.4) is 0 Å². The second-order valence-electron chi connectivity index (χ2n) is 1.25. The summed E-state index contributed by atoms with van der Waals surface area (Å²) in [5.74, 6) is 0. The van der Waals surface area contributed by atoms with Crippen LogP contribution in [-0.2, 0) is 0 Å². The van der Waals surface area contributed by atoms with Gasteiger partial charge in [-0.05, 0) is 12.5 Å². The highest BCUT2D eigenvalue weighted by molar-refractivity contribution is 6.93. The summed E-state index contributed by atoms with van der Waals surface area (Å²) in [6, 6.07) is 0.776. The molecule has 0 atom stereocenters. The second kappa shape index (κ2) is 4.23. The fraction of sp³-hybridized carbons (Fsp3) is 1.00. The van der Waals surface area contributed by atoms with E-state index >= 15 is 0 Å². The van der Waals surface area contributed by atoms with Gasteiger partial charge in [0.15, 0.2) is 12.6 Å². The number of hydrogen-bond acceptors (Lipinski definition) is 0. The first kappa shape index (κ1) is 9.38. The van der Waals surface area contributed by atoms with Gasteiger partial charge in [-0.25, -0.2) is 0 Å². The highest BCUT2D eigenvalue weighted by atomic mass is 35.6. The first-order valence-electron chi connectivity index (χ1n) is 1.96. The molecule has 0 amide bonds. The van der Waals surface area contributed by atoms with Gasteiger partial charge in [0.1, 0.15) is 0 Å². The molecule has 0 aliphatic heterocycles. The van der Waals surface area contributed by atoms with E-state index in [1.807, 2.05) is 0 Å². The molecule has 0 N–H and O–H groups in total. The number of rotatable bonds is 2. The van der Waals surface area contributed by atoms with Crippen LogP contribution < -0.4 is 0 Å². The van der Waals surface area contributed by atoms with Gasteiger partial charge in [0, 0.05) is 0 Å². The van der Waals surface area contributed by atoms with Crippen molar-refractivity contribution < 1.29 is 0 Å². The van der Waals surface area contributed by atoms with E-state index in [-0.39, 0.29) is 0 Å². The molecule has 0 aromatic heterocycles. The highest BCUT2D eigenvalue weighted by Crippen LogP contribution is 2.31. The Hall–Kier alpha value is 1.38. The molecule has 0 heterocycles. The van der Waals surface area contributed by atoms with E-state index in [2.05, 4.69) is 0 Å². The molecule has 0 fully saturated rings. The van der Waals surface area contributed by atoms with Gasteiger partial charge in [-0.3, -0.25) is 0 Å². The molecule has 0 unspecified atom stereocenters. The van der Waals surface area contributed by atoms with Crippen LogP contribution >= 0.6 is 45.9 Å². The molecule has 0 rings (SSSR count). The van der Waals surface area contributed by atoms with Gasteiger partial charge in [-0.1, -0.05) is 34.8 Å². The molecular formula is C3H4Cl4Si. The Labute approximate surface area is 71.0 Å². The summed E-state index contributed by atoms with van der Waals surface area (Å²) < 4.78 is -1.11. The van der Waals surface area contributed by atoms with Crippen molar-refractivity contribution in [2.45, 2.75) is 16.3 Å². The van der Waals surface area contributed by atoms with Gasteiger partial charge in [0.05, 0.1) is 0 Å². The molecule has 0 saturated heterocycles. The van der Waals surface area contributed by atoms with E-state index < -0.39 is 3.79 Å². The van der Waals surface area contributed by atoms with Crippen molar-refractivity contribution in [3.05, 3.63) is 0 Å². The summed E-state index contributed by atoms with van der Waals surface area (Å²) in [6.07, 6.45) is 0.541. The first-order valence-corrected chi connectivity index (χ1v) is 5.32. The Balaban J connectivity index is 3.11. The van der Waals surface area contributed by atoms with Gasteiger partial charge in [0.2, 0.25) is 0 Å². The van der Waals surface area contributed by atoms with Crippen LogP contribution in [0, 0.1) is 0 Å². The lowest BCUT2D eigenvalue weighted by molar-refractivity contribution is 0.969. The minimum atomic E-state index is -1.11. The molecule has 0 aromatic carbocycles. The van der Waals surface area contributed by atoms with Gasteiger partial charge in [-0.15, -0.1) is 0 Å². The van der Waals surface area contributed by atoms with E-state index in [9.17, 15) is 0 Å². The summed E-state index contributed by atoms with van der Waals surface area (Å²) in [7, 11) is 0.350. The zero-order chi connectivity index (χ0) is 6.62.